The Morgan fingerprint density at radius 2 is 1.52 bits per heavy atom. The van der Waals surface area contributed by atoms with Crippen molar-refractivity contribution >= 4 is 5.69 Å². The molecule has 4 nitrogen and oxygen atoms in total. The maximum atomic E-state index is 12.2. The highest BCUT2D eigenvalue weighted by Crippen LogP contribution is 2.18. The Morgan fingerprint density at radius 3 is 2.17 bits per heavy atom. The zero-order valence-corrected chi connectivity index (χ0v) is 13.6. The van der Waals surface area contributed by atoms with E-state index in [1.165, 1.54) is 25.7 Å². The molecule has 0 radical (unpaired) electrons. The van der Waals surface area contributed by atoms with Crippen molar-refractivity contribution in [1.82, 2.24) is 4.57 Å². The van der Waals surface area contributed by atoms with Crippen LogP contribution in [0.3, 0.4) is 0 Å². The number of anilines is 1. The summed E-state index contributed by atoms with van der Waals surface area (Å²) in [7, 11) is 0. The van der Waals surface area contributed by atoms with Gasteiger partial charge in [-0.3, -0.25) is 4.79 Å². The molecule has 0 unspecified atom stereocenters. The van der Waals surface area contributed by atoms with Crippen molar-refractivity contribution in [2.24, 2.45) is 5.73 Å². The van der Waals surface area contributed by atoms with Crippen LogP contribution in [-0.4, -0.2) is 17.7 Å². The standard InChI is InChI=1S/C19H25N3O/c20-13-16-5-7-17(8-6-16)14-22-15-18(9-10-19(22)23)21-11-3-1-2-4-12-21/h5-10,15H,1-4,11-14,20H2. The molecule has 0 bridgehead atoms. The Bertz CT molecular complexity index is 683. The van der Waals surface area contributed by atoms with Gasteiger partial charge in [0.25, 0.3) is 5.56 Å². The molecule has 122 valence electrons. The van der Waals surface area contributed by atoms with Crippen LogP contribution < -0.4 is 16.2 Å². The monoisotopic (exact) mass is 311 g/mol. The average Bonchev–Trinajstić information content (AvgIpc) is 2.87. The van der Waals surface area contributed by atoms with E-state index >= 15 is 0 Å². The van der Waals surface area contributed by atoms with E-state index in [2.05, 4.69) is 4.90 Å². The minimum atomic E-state index is 0.0477. The SMILES string of the molecule is NCc1ccc(Cn2cc(N3CCCCCC3)ccc2=O)cc1. The van der Waals surface area contributed by atoms with Gasteiger partial charge in [-0.05, 0) is 30.0 Å². The Kier molecular flexibility index (Phi) is 5.13. The Morgan fingerprint density at radius 1 is 0.870 bits per heavy atom. The van der Waals surface area contributed by atoms with Crippen LogP contribution in [0.15, 0.2) is 47.4 Å². The van der Waals surface area contributed by atoms with Crippen LogP contribution in [0, 0.1) is 0 Å². The van der Waals surface area contributed by atoms with Crippen LogP contribution in [-0.2, 0) is 13.1 Å². The summed E-state index contributed by atoms with van der Waals surface area (Å²) in [6, 6.07) is 11.8. The first-order chi connectivity index (χ1) is 11.3. The van der Waals surface area contributed by atoms with E-state index in [4.69, 9.17) is 5.73 Å². The number of rotatable bonds is 4. The Balaban J connectivity index is 1.80. The largest absolute Gasteiger partial charge is 0.370 e. The molecule has 0 saturated carbocycles. The third-order valence-corrected chi connectivity index (χ3v) is 4.55. The van der Waals surface area contributed by atoms with Crippen molar-refractivity contribution in [3.8, 4) is 0 Å². The van der Waals surface area contributed by atoms with Crippen LogP contribution in [0.4, 0.5) is 5.69 Å². The van der Waals surface area contributed by atoms with Crippen molar-refractivity contribution in [3.05, 3.63) is 64.1 Å². The van der Waals surface area contributed by atoms with Gasteiger partial charge in [0.1, 0.15) is 0 Å². The van der Waals surface area contributed by atoms with Gasteiger partial charge in [0.2, 0.25) is 0 Å². The topological polar surface area (TPSA) is 51.3 Å². The molecule has 1 fully saturated rings. The summed E-state index contributed by atoms with van der Waals surface area (Å²) in [6.45, 7) is 3.32. The second-order valence-corrected chi connectivity index (χ2v) is 6.28. The summed E-state index contributed by atoms with van der Waals surface area (Å²) in [5.74, 6) is 0. The van der Waals surface area contributed by atoms with Gasteiger partial charge in [-0.2, -0.15) is 0 Å². The van der Waals surface area contributed by atoms with E-state index in [9.17, 15) is 4.79 Å². The number of nitrogens with two attached hydrogens (primary N) is 1. The van der Waals surface area contributed by atoms with Gasteiger partial charge in [-0.15, -0.1) is 0 Å². The maximum absolute atomic E-state index is 12.2. The lowest BCUT2D eigenvalue weighted by molar-refractivity contribution is 0.726. The second-order valence-electron chi connectivity index (χ2n) is 6.28. The molecule has 0 amide bonds. The number of benzene rings is 1. The minimum absolute atomic E-state index is 0.0477. The first kappa shape index (κ1) is 15.8. The van der Waals surface area contributed by atoms with E-state index < -0.39 is 0 Å². The van der Waals surface area contributed by atoms with E-state index in [-0.39, 0.29) is 5.56 Å². The third kappa shape index (κ3) is 4.02. The molecule has 2 heterocycles. The zero-order valence-electron chi connectivity index (χ0n) is 13.6. The van der Waals surface area contributed by atoms with E-state index in [1.807, 2.05) is 36.5 Å². The first-order valence-corrected chi connectivity index (χ1v) is 8.49. The molecule has 3 rings (SSSR count). The van der Waals surface area contributed by atoms with Gasteiger partial charge in [0.15, 0.2) is 0 Å². The summed E-state index contributed by atoms with van der Waals surface area (Å²) < 4.78 is 1.80. The van der Waals surface area contributed by atoms with Gasteiger partial charge < -0.3 is 15.2 Å². The predicted octanol–water partition coefficient (Wildman–Crippen LogP) is 2.74. The van der Waals surface area contributed by atoms with Crippen molar-refractivity contribution in [3.63, 3.8) is 0 Å². The van der Waals surface area contributed by atoms with Gasteiger partial charge in [0.05, 0.1) is 12.2 Å². The fraction of sp³-hybridized carbons (Fsp3) is 0.421. The van der Waals surface area contributed by atoms with E-state index in [1.54, 1.807) is 10.6 Å². The molecule has 0 spiro atoms. The quantitative estimate of drug-likeness (QED) is 0.944. The predicted molar refractivity (Wildman–Crippen MR) is 94.8 cm³/mol. The number of aromatic nitrogens is 1. The summed E-state index contributed by atoms with van der Waals surface area (Å²) in [5, 5.41) is 0. The Labute approximate surface area is 137 Å². The van der Waals surface area contributed by atoms with Gasteiger partial charge >= 0.3 is 0 Å². The van der Waals surface area contributed by atoms with Gasteiger partial charge in [0, 0.05) is 31.9 Å². The fourth-order valence-corrected chi connectivity index (χ4v) is 3.14. The van der Waals surface area contributed by atoms with Gasteiger partial charge in [-0.1, -0.05) is 37.1 Å². The molecule has 4 heteroatoms. The summed E-state index contributed by atoms with van der Waals surface area (Å²) in [5.41, 5.74) is 9.07. The highest BCUT2D eigenvalue weighted by molar-refractivity contribution is 5.44. The molecule has 2 aromatic rings. The smallest absolute Gasteiger partial charge is 0.250 e. The summed E-state index contributed by atoms with van der Waals surface area (Å²) in [4.78, 5) is 14.6. The Hall–Kier alpha value is -2.07. The number of hydrogen-bond acceptors (Lipinski definition) is 3. The normalized spacial score (nSPS) is 15.4. The van der Waals surface area contributed by atoms with Crippen molar-refractivity contribution in [2.45, 2.75) is 38.8 Å². The summed E-state index contributed by atoms with van der Waals surface area (Å²) >= 11 is 0. The molecular weight excluding hydrogens is 286 g/mol. The van der Waals surface area contributed by atoms with Crippen LogP contribution in [0.5, 0.6) is 0 Å². The molecule has 23 heavy (non-hydrogen) atoms. The van der Waals surface area contributed by atoms with Crippen LogP contribution in [0.1, 0.15) is 36.8 Å². The molecule has 0 aliphatic carbocycles. The van der Waals surface area contributed by atoms with Crippen LogP contribution in [0.2, 0.25) is 0 Å². The second kappa shape index (κ2) is 7.47. The van der Waals surface area contributed by atoms with Crippen molar-refractivity contribution in [2.75, 3.05) is 18.0 Å². The highest BCUT2D eigenvalue weighted by Gasteiger charge is 2.11. The number of nitrogens with zero attached hydrogens (tertiary/aromatic N) is 2. The van der Waals surface area contributed by atoms with E-state index in [0.29, 0.717) is 13.1 Å². The number of pyridine rings is 1. The summed E-state index contributed by atoms with van der Waals surface area (Å²) in [6.07, 6.45) is 7.09. The molecule has 2 N–H and O–H groups in total. The minimum Gasteiger partial charge on any atom is -0.370 e. The first-order valence-electron chi connectivity index (χ1n) is 8.49. The molecule has 1 aromatic heterocycles. The molecular formula is C19H25N3O. The van der Waals surface area contributed by atoms with E-state index in [0.717, 1.165) is 29.9 Å². The molecule has 1 aliphatic heterocycles. The maximum Gasteiger partial charge on any atom is 0.250 e. The van der Waals surface area contributed by atoms with Crippen molar-refractivity contribution in [1.29, 1.82) is 0 Å². The lowest BCUT2D eigenvalue weighted by Crippen LogP contribution is -2.27. The molecule has 1 aliphatic rings. The fourth-order valence-electron chi connectivity index (χ4n) is 3.14. The van der Waals surface area contributed by atoms with Crippen molar-refractivity contribution < 1.29 is 0 Å². The average molecular weight is 311 g/mol. The third-order valence-electron chi connectivity index (χ3n) is 4.55. The lowest BCUT2D eigenvalue weighted by atomic mass is 10.1. The van der Waals surface area contributed by atoms with Crippen LogP contribution in [0.25, 0.3) is 0 Å². The molecule has 0 atom stereocenters. The van der Waals surface area contributed by atoms with Crippen LogP contribution >= 0.6 is 0 Å². The lowest BCUT2D eigenvalue weighted by Gasteiger charge is -2.23. The van der Waals surface area contributed by atoms with Gasteiger partial charge in [-0.25, -0.2) is 0 Å². The zero-order chi connectivity index (χ0) is 16.1. The highest BCUT2D eigenvalue weighted by atomic mass is 16.1. The molecule has 1 aromatic carbocycles. The molecule has 1 saturated heterocycles. The number of hydrogen-bond donors (Lipinski definition) is 1.